The smallest absolute Gasteiger partial charge is 0.0829 e. The third-order valence-electron chi connectivity index (χ3n) is 2.36. The van der Waals surface area contributed by atoms with Crippen LogP contribution in [0.1, 0.15) is 31.2 Å². The molecular formula is C12H15N3. The predicted octanol–water partition coefficient (Wildman–Crippen LogP) is 2.70. The second kappa shape index (κ2) is 3.85. The summed E-state index contributed by atoms with van der Waals surface area (Å²) in [5.41, 5.74) is 3.14. The summed E-state index contributed by atoms with van der Waals surface area (Å²) < 4.78 is 1.86. The standard InChI is InChI=1S/C12H15N3/c1-9(2)12-6-7-15(14-12)11-5-4-10(3)13-8-11/h4-9H,1-3H3. The molecule has 78 valence electrons. The molecule has 0 unspecified atom stereocenters. The minimum atomic E-state index is 0.463. The zero-order valence-electron chi connectivity index (χ0n) is 9.31. The van der Waals surface area contributed by atoms with E-state index >= 15 is 0 Å². The van der Waals surface area contributed by atoms with Gasteiger partial charge in [0.05, 0.1) is 17.6 Å². The number of pyridine rings is 1. The van der Waals surface area contributed by atoms with Gasteiger partial charge in [-0.25, -0.2) is 4.68 Å². The summed E-state index contributed by atoms with van der Waals surface area (Å²) >= 11 is 0. The molecule has 0 aromatic carbocycles. The van der Waals surface area contributed by atoms with Crippen LogP contribution in [0.5, 0.6) is 0 Å². The highest BCUT2D eigenvalue weighted by Gasteiger charge is 2.04. The molecule has 0 saturated carbocycles. The summed E-state index contributed by atoms with van der Waals surface area (Å²) in [6.45, 7) is 6.26. The van der Waals surface area contributed by atoms with Crippen LogP contribution in [-0.4, -0.2) is 14.8 Å². The minimum absolute atomic E-state index is 0.463. The van der Waals surface area contributed by atoms with Crippen molar-refractivity contribution < 1.29 is 0 Å². The highest BCUT2D eigenvalue weighted by Crippen LogP contribution is 2.13. The molecule has 0 radical (unpaired) electrons. The van der Waals surface area contributed by atoms with Gasteiger partial charge < -0.3 is 0 Å². The molecule has 0 aliphatic carbocycles. The van der Waals surface area contributed by atoms with Crippen molar-refractivity contribution in [2.45, 2.75) is 26.7 Å². The first-order chi connectivity index (χ1) is 7.16. The van der Waals surface area contributed by atoms with Gasteiger partial charge in [0.25, 0.3) is 0 Å². The minimum Gasteiger partial charge on any atom is -0.259 e. The molecule has 2 aromatic rings. The van der Waals surface area contributed by atoms with Crippen molar-refractivity contribution in [3.8, 4) is 5.69 Å². The number of aromatic nitrogens is 3. The largest absolute Gasteiger partial charge is 0.259 e. The number of rotatable bonds is 2. The normalized spacial score (nSPS) is 10.9. The van der Waals surface area contributed by atoms with Crippen LogP contribution in [0, 0.1) is 6.92 Å². The second-order valence-electron chi connectivity index (χ2n) is 4.00. The average molecular weight is 201 g/mol. The lowest BCUT2D eigenvalue weighted by Crippen LogP contribution is -1.98. The second-order valence-corrected chi connectivity index (χ2v) is 4.00. The van der Waals surface area contributed by atoms with Gasteiger partial charge in [-0.05, 0) is 31.0 Å². The monoisotopic (exact) mass is 201 g/mol. The molecule has 2 heterocycles. The van der Waals surface area contributed by atoms with Crippen molar-refractivity contribution >= 4 is 0 Å². The first-order valence-electron chi connectivity index (χ1n) is 5.15. The molecule has 0 saturated heterocycles. The van der Waals surface area contributed by atoms with Gasteiger partial charge in [0.1, 0.15) is 0 Å². The van der Waals surface area contributed by atoms with Gasteiger partial charge in [-0.3, -0.25) is 4.98 Å². The molecule has 0 N–H and O–H groups in total. The van der Waals surface area contributed by atoms with Crippen molar-refractivity contribution in [1.82, 2.24) is 14.8 Å². The Balaban J connectivity index is 2.33. The Labute approximate surface area is 89.8 Å². The molecule has 3 nitrogen and oxygen atoms in total. The Morgan fingerprint density at radius 2 is 2.00 bits per heavy atom. The van der Waals surface area contributed by atoms with Gasteiger partial charge in [0.15, 0.2) is 0 Å². The van der Waals surface area contributed by atoms with Gasteiger partial charge in [0.2, 0.25) is 0 Å². The molecular weight excluding hydrogens is 186 g/mol. The Kier molecular flexibility index (Phi) is 2.54. The molecule has 15 heavy (non-hydrogen) atoms. The van der Waals surface area contributed by atoms with Gasteiger partial charge in [-0.1, -0.05) is 13.8 Å². The SMILES string of the molecule is Cc1ccc(-n2ccc(C(C)C)n2)cn1. The van der Waals surface area contributed by atoms with Crippen molar-refractivity contribution in [2.24, 2.45) is 0 Å². The lowest BCUT2D eigenvalue weighted by Gasteiger charge is -2.01. The molecule has 0 atom stereocenters. The first-order valence-corrected chi connectivity index (χ1v) is 5.15. The fraction of sp³-hybridized carbons (Fsp3) is 0.333. The maximum absolute atomic E-state index is 4.49. The van der Waals surface area contributed by atoms with E-state index in [1.807, 2.05) is 42.2 Å². The van der Waals surface area contributed by atoms with Gasteiger partial charge in [-0.15, -0.1) is 0 Å². The number of hydrogen-bond acceptors (Lipinski definition) is 2. The van der Waals surface area contributed by atoms with E-state index in [0.717, 1.165) is 17.1 Å². The van der Waals surface area contributed by atoms with Crippen molar-refractivity contribution in [2.75, 3.05) is 0 Å². The average Bonchev–Trinajstić information content (AvgIpc) is 2.68. The molecule has 2 rings (SSSR count). The number of hydrogen-bond donors (Lipinski definition) is 0. The van der Waals surface area contributed by atoms with E-state index in [0.29, 0.717) is 5.92 Å². The first kappa shape index (κ1) is 9.90. The summed E-state index contributed by atoms with van der Waals surface area (Å²) in [6.07, 6.45) is 3.81. The highest BCUT2D eigenvalue weighted by molar-refractivity contribution is 5.28. The van der Waals surface area contributed by atoms with Crippen LogP contribution in [0.25, 0.3) is 5.69 Å². The van der Waals surface area contributed by atoms with E-state index in [4.69, 9.17) is 0 Å². The van der Waals surface area contributed by atoms with E-state index in [1.165, 1.54) is 0 Å². The number of aryl methyl sites for hydroxylation is 1. The maximum atomic E-state index is 4.49. The van der Waals surface area contributed by atoms with Crippen LogP contribution >= 0.6 is 0 Å². The lowest BCUT2D eigenvalue weighted by molar-refractivity contribution is 0.766. The summed E-state index contributed by atoms with van der Waals surface area (Å²) in [5.74, 6) is 0.463. The van der Waals surface area contributed by atoms with Crippen LogP contribution in [0.4, 0.5) is 0 Å². The van der Waals surface area contributed by atoms with Crippen LogP contribution in [0.15, 0.2) is 30.6 Å². The number of nitrogens with zero attached hydrogens (tertiary/aromatic N) is 3. The maximum Gasteiger partial charge on any atom is 0.0829 e. The summed E-state index contributed by atoms with van der Waals surface area (Å²) in [7, 11) is 0. The van der Waals surface area contributed by atoms with Crippen molar-refractivity contribution in [1.29, 1.82) is 0 Å². The van der Waals surface area contributed by atoms with Gasteiger partial charge in [-0.2, -0.15) is 5.10 Å². The third-order valence-corrected chi connectivity index (χ3v) is 2.36. The van der Waals surface area contributed by atoms with E-state index < -0.39 is 0 Å². The topological polar surface area (TPSA) is 30.7 Å². The Hall–Kier alpha value is -1.64. The lowest BCUT2D eigenvalue weighted by atomic mass is 10.1. The Morgan fingerprint density at radius 1 is 1.20 bits per heavy atom. The predicted molar refractivity (Wildman–Crippen MR) is 60.2 cm³/mol. The van der Waals surface area contributed by atoms with Crippen LogP contribution in [-0.2, 0) is 0 Å². The summed E-state index contributed by atoms with van der Waals surface area (Å²) in [4.78, 5) is 4.25. The van der Waals surface area contributed by atoms with E-state index in [2.05, 4.69) is 23.9 Å². The van der Waals surface area contributed by atoms with E-state index in [1.54, 1.807) is 0 Å². The fourth-order valence-electron chi connectivity index (χ4n) is 1.39. The van der Waals surface area contributed by atoms with E-state index in [9.17, 15) is 0 Å². The van der Waals surface area contributed by atoms with Crippen LogP contribution < -0.4 is 0 Å². The molecule has 0 aliphatic heterocycles. The summed E-state index contributed by atoms with van der Waals surface area (Å²) in [6, 6.07) is 6.07. The quantitative estimate of drug-likeness (QED) is 0.748. The molecule has 3 heteroatoms. The molecule has 0 spiro atoms. The zero-order chi connectivity index (χ0) is 10.8. The zero-order valence-corrected chi connectivity index (χ0v) is 9.31. The Bertz CT molecular complexity index is 440. The van der Waals surface area contributed by atoms with Crippen LogP contribution in [0.2, 0.25) is 0 Å². The van der Waals surface area contributed by atoms with Crippen molar-refractivity contribution in [3.05, 3.63) is 42.0 Å². The van der Waals surface area contributed by atoms with Crippen molar-refractivity contribution in [3.63, 3.8) is 0 Å². The molecule has 2 aromatic heterocycles. The third kappa shape index (κ3) is 2.06. The molecule has 0 bridgehead atoms. The van der Waals surface area contributed by atoms with Gasteiger partial charge in [0, 0.05) is 11.9 Å². The highest BCUT2D eigenvalue weighted by atomic mass is 15.3. The van der Waals surface area contributed by atoms with Gasteiger partial charge >= 0.3 is 0 Å². The van der Waals surface area contributed by atoms with E-state index in [-0.39, 0.29) is 0 Å². The molecule has 0 fully saturated rings. The summed E-state index contributed by atoms with van der Waals surface area (Å²) in [5, 5.41) is 4.49. The molecule has 0 amide bonds. The molecule has 0 aliphatic rings. The van der Waals surface area contributed by atoms with Crippen LogP contribution in [0.3, 0.4) is 0 Å². The Morgan fingerprint density at radius 3 is 2.53 bits per heavy atom. The fourth-order valence-corrected chi connectivity index (χ4v) is 1.39.